The van der Waals surface area contributed by atoms with Crippen LogP contribution in [-0.4, -0.2) is 35.1 Å². The summed E-state index contributed by atoms with van der Waals surface area (Å²) in [4.78, 5) is 16.7. The molecule has 3 rings (SSSR count). The maximum Gasteiger partial charge on any atom is 0.220 e. The highest BCUT2D eigenvalue weighted by Crippen LogP contribution is 2.16. The molecule has 1 atom stereocenters. The van der Waals surface area contributed by atoms with Gasteiger partial charge in [0, 0.05) is 25.9 Å². The second-order valence-electron chi connectivity index (χ2n) is 6.26. The molecule has 0 aliphatic carbocycles. The summed E-state index contributed by atoms with van der Waals surface area (Å²) in [5, 5.41) is 6.38. The predicted octanol–water partition coefficient (Wildman–Crippen LogP) is 2.95. The Labute approximate surface area is 161 Å². The second-order valence-corrected chi connectivity index (χ2v) is 6.26. The number of para-hydroxylation sites is 2. The van der Waals surface area contributed by atoms with Gasteiger partial charge in [0.2, 0.25) is 5.91 Å². The van der Waals surface area contributed by atoms with Gasteiger partial charge in [-0.25, -0.2) is 4.98 Å². The van der Waals surface area contributed by atoms with Crippen LogP contribution in [0.4, 0.5) is 0 Å². The first-order valence-electron chi connectivity index (χ1n) is 8.69. The third-order valence-corrected chi connectivity index (χ3v) is 4.66. The van der Waals surface area contributed by atoms with Gasteiger partial charge in [-0.15, -0.1) is 24.8 Å². The lowest BCUT2D eigenvalue weighted by Gasteiger charge is -2.09. The van der Waals surface area contributed by atoms with E-state index < -0.39 is 0 Å². The number of carbonyl (C=O) groups excluding carboxylic acids is 1. The number of aromatic nitrogens is 2. The zero-order chi connectivity index (χ0) is 16.1. The second kappa shape index (κ2) is 10.6. The van der Waals surface area contributed by atoms with Gasteiger partial charge in [-0.05, 0) is 50.9 Å². The molecule has 1 aliphatic heterocycles. The molecule has 1 fully saturated rings. The van der Waals surface area contributed by atoms with E-state index in [1.54, 1.807) is 0 Å². The van der Waals surface area contributed by atoms with Gasteiger partial charge in [0.05, 0.1) is 11.0 Å². The van der Waals surface area contributed by atoms with E-state index in [0.717, 1.165) is 43.8 Å². The summed E-state index contributed by atoms with van der Waals surface area (Å²) in [6.07, 6.45) is 3.61. The van der Waals surface area contributed by atoms with Crippen LogP contribution in [0.3, 0.4) is 0 Å². The molecule has 1 aliphatic rings. The fraction of sp³-hybridized carbons (Fsp3) is 0.556. The van der Waals surface area contributed by atoms with Crippen molar-refractivity contribution in [2.45, 2.75) is 39.2 Å². The summed E-state index contributed by atoms with van der Waals surface area (Å²) >= 11 is 0. The van der Waals surface area contributed by atoms with Crippen LogP contribution in [0.2, 0.25) is 0 Å². The number of hydrogen-bond acceptors (Lipinski definition) is 3. The van der Waals surface area contributed by atoms with Gasteiger partial charge in [0.15, 0.2) is 0 Å². The number of aryl methyl sites for hydroxylation is 1. The van der Waals surface area contributed by atoms with Crippen molar-refractivity contribution in [1.82, 2.24) is 20.2 Å². The Morgan fingerprint density at radius 3 is 2.88 bits per heavy atom. The van der Waals surface area contributed by atoms with Gasteiger partial charge < -0.3 is 15.2 Å². The van der Waals surface area contributed by atoms with Crippen molar-refractivity contribution in [3.63, 3.8) is 0 Å². The molecule has 0 radical (unpaired) electrons. The van der Waals surface area contributed by atoms with Crippen LogP contribution in [0.15, 0.2) is 24.3 Å². The maximum absolute atomic E-state index is 12.0. The first kappa shape index (κ1) is 21.7. The van der Waals surface area contributed by atoms with Crippen molar-refractivity contribution in [2.24, 2.45) is 5.92 Å². The Kier molecular flexibility index (Phi) is 9.25. The van der Waals surface area contributed by atoms with E-state index in [2.05, 4.69) is 28.2 Å². The molecule has 2 N–H and O–H groups in total. The molecule has 1 aromatic carbocycles. The molecular weight excluding hydrogens is 359 g/mol. The van der Waals surface area contributed by atoms with Gasteiger partial charge >= 0.3 is 0 Å². The van der Waals surface area contributed by atoms with Crippen LogP contribution in [0.1, 0.15) is 32.0 Å². The van der Waals surface area contributed by atoms with E-state index in [1.165, 1.54) is 11.9 Å². The fourth-order valence-corrected chi connectivity index (χ4v) is 3.37. The minimum Gasteiger partial charge on any atom is -0.356 e. The number of imidazole rings is 1. The van der Waals surface area contributed by atoms with Gasteiger partial charge in [-0.2, -0.15) is 0 Å². The molecule has 1 saturated heterocycles. The minimum absolute atomic E-state index is 0. The van der Waals surface area contributed by atoms with Crippen LogP contribution in [0.5, 0.6) is 0 Å². The molecule has 1 unspecified atom stereocenters. The van der Waals surface area contributed by atoms with Crippen molar-refractivity contribution in [1.29, 1.82) is 0 Å². The van der Waals surface area contributed by atoms with Gasteiger partial charge in [-0.3, -0.25) is 4.79 Å². The van der Waals surface area contributed by atoms with E-state index in [0.29, 0.717) is 18.9 Å². The van der Waals surface area contributed by atoms with Crippen molar-refractivity contribution in [3.8, 4) is 0 Å². The lowest BCUT2D eigenvalue weighted by Crippen LogP contribution is -2.27. The van der Waals surface area contributed by atoms with Crippen molar-refractivity contribution >= 4 is 41.8 Å². The van der Waals surface area contributed by atoms with Crippen LogP contribution in [-0.2, 0) is 17.8 Å². The molecule has 5 nitrogen and oxygen atoms in total. The minimum atomic E-state index is 0. The average molecular weight is 387 g/mol. The summed E-state index contributed by atoms with van der Waals surface area (Å²) in [5.74, 6) is 1.88. The average Bonchev–Trinajstić information content (AvgIpc) is 3.20. The molecule has 1 amide bonds. The number of fused-ring (bicyclic) bond motifs is 1. The molecule has 1 aromatic heterocycles. The Balaban J connectivity index is 0.00000156. The van der Waals surface area contributed by atoms with E-state index in [1.807, 2.05) is 18.2 Å². The number of benzene rings is 1. The van der Waals surface area contributed by atoms with E-state index in [-0.39, 0.29) is 30.7 Å². The van der Waals surface area contributed by atoms with Crippen LogP contribution < -0.4 is 10.6 Å². The Hall–Kier alpha value is -1.30. The molecule has 140 valence electrons. The highest BCUT2D eigenvalue weighted by atomic mass is 35.5. The molecule has 0 spiro atoms. The topological polar surface area (TPSA) is 59.0 Å². The summed E-state index contributed by atoms with van der Waals surface area (Å²) in [6, 6.07) is 8.20. The maximum atomic E-state index is 12.0. The zero-order valence-corrected chi connectivity index (χ0v) is 16.3. The van der Waals surface area contributed by atoms with E-state index in [9.17, 15) is 4.79 Å². The molecular formula is C18H28Cl2N4O. The number of nitrogens with zero attached hydrogens (tertiary/aromatic N) is 2. The molecule has 2 aromatic rings. The molecule has 2 heterocycles. The summed E-state index contributed by atoms with van der Waals surface area (Å²) < 4.78 is 2.23. The van der Waals surface area contributed by atoms with E-state index >= 15 is 0 Å². The monoisotopic (exact) mass is 386 g/mol. The number of amides is 1. The quantitative estimate of drug-likeness (QED) is 0.768. The van der Waals surface area contributed by atoms with Crippen LogP contribution in [0.25, 0.3) is 11.0 Å². The SMILES string of the molecule is CCn1c(CCNC(=O)CCC2CCNC2)nc2ccccc21.Cl.Cl. The standard InChI is InChI=1S/C18H26N4O.2ClH/c1-2-22-16-6-4-3-5-15(16)21-17(22)10-12-20-18(23)8-7-14-9-11-19-13-14;;/h3-6,14,19H,2,7-13H2,1H3,(H,20,23);2*1H. The highest BCUT2D eigenvalue weighted by Gasteiger charge is 2.15. The lowest BCUT2D eigenvalue weighted by molar-refractivity contribution is -0.121. The smallest absolute Gasteiger partial charge is 0.220 e. The third kappa shape index (κ3) is 5.59. The molecule has 0 bridgehead atoms. The normalized spacial score (nSPS) is 16.3. The molecule has 25 heavy (non-hydrogen) atoms. The van der Waals surface area contributed by atoms with Crippen molar-refractivity contribution in [3.05, 3.63) is 30.1 Å². The highest BCUT2D eigenvalue weighted by molar-refractivity contribution is 5.85. The lowest BCUT2D eigenvalue weighted by atomic mass is 10.0. The largest absolute Gasteiger partial charge is 0.356 e. The zero-order valence-electron chi connectivity index (χ0n) is 14.7. The predicted molar refractivity (Wildman–Crippen MR) is 107 cm³/mol. The first-order chi connectivity index (χ1) is 11.3. The first-order valence-corrected chi connectivity index (χ1v) is 8.69. The number of rotatable bonds is 7. The number of halogens is 2. The van der Waals surface area contributed by atoms with Gasteiger partial charge in [-0.1, -0.05) is 12.1 Å². The fourth-order valence-electron chi connectivity index (χ4n) is 3.37. The van der Waals surface area contributed by atoms with Crippen LogP contribution >= 0.6 is 24.8 Å². The summed E-state index contributed by atoms with van der Waals surface area (Å²) in [7, 11) is 0. The van der Waals surface area contributed by atoms with Crippen molar-refractivity contribution in [2.75, 3.05) is 19.6 Å². The number of carbonyl (C=O) groups is 1. The Morgan fingerprint density at radius 1 is 1.36 bits per heavy atom. The van der Waals surface area contributed by atoms with Crippen LogP contribution in [0, 0.1) is 5.92 Å². The van der Waals surface area contributed by atoms with Gasteiger partial charge in [0.25, 0.3) is 0 Å². The third-order valence-electron chi connectivity index (χ3n) is 4.66. The number of hydrogen-bond donors (Lipinski definition) is 2. The summed E-state index contributed by atoms with van der Waals surface area (Å²) in [6.45, 7) is 5.85. The van der Waals surface area contributed by atoms with Gasteiger partial charge in [0.1, 0.15) is 5.82 Å². The summed E-state index contributed by atoms with van der Waals surface area (Å²) in [5.41, 5.74) is 2.20. The molecule has 7 heteroatoms. The Bertz CT molecular complexity index is 668. The van der Waals surface area contributed by atoms with Crippen molar-refractivity contribution < 1.29 is 4.79 Å². The van der Waals surface area contributed by atoms with E-state index in [4.69, 9.17) is 4.98 Å². The Morgan fingerprint density at radius 2 is 2.16 bits per heavy atom. The number of nitrogens with one attached hydrogen (secondary N) is 2. The molecule has 0 saturated carbocycles.